The van der Waals surface area contributed by atoms with Crippen molar-refractivity contribution in [2.75, 3.05) is 18.0 Å². The Labute approximate surface area is 157 Å². The number of hydrogen-bond donors (Lipinski definition) is 1. The Hall–Kier alpha value is -2.22. The van der Waals surface area contributed by atoms with Gasteiger partial charge in [0.2, 0.25) is 15.9 Å². The Kier molecular flexibility index (Phi) is 6.52. The topological polar surface area (TPSA) is 83.6 Å². The van der Waals surface area contributed by atoms with Gasteiger partial charge in [-0.2, -0.15) is 0 Å². The van der Waals surface area contributed by atoms with Crippen molar-refractivity contribution in [1.29, 1.82) is 0 Å². The molecule has 1 amide bonds. The molecule has 2 aromatic carbocycles. The summed E-state index contributed by atoms with van der Waals surface area (Å²) >= 11 is 5.76. The lowest BCUT2D eigenvalue weighted by atomic mass is 10.1. The fourth-order valence-corrected chi connectivity index (χ4v) is 3.48. The molecule has 6 nitrogen and oxygen atoms in total. The summed E-state index contributed by atoms with van der Waals surface area (Å²) in [6.07, 6.45) is 0. The summed E-state index contributed by atoms with van der Waals surface area (Å²) in [5.74, 6) is -0.298. The molecule has 8 heteroatoms. The molecule has 2 rings (SSSR count). The predicted octanol–water partition coefficient (Wildman–Crippen LogP) is 2.87. The van der Waals surface area contributed by atoms with E-state index < -0.39 is 10.0 Å². The van der Waals surface area contributed by atoms with E-state index in [1.807, 2.05) is 0 Å². The maximum absolute atomic E-state index is 12.3. The Morgan fingerprint density at radius 3 is 2.08 bits per heavy atom. The third kappa shape index (κ3) is 5.14. The van der Waals surface area contributed by atoms with Crippen LogP contribution in [0.2, 0.25) is 5.02 Å². The number of nitrogens with zero attached hydrogens (tertiary/aromatic N) is 1. The van der Waals surface area contributed by atoms with Crippen LogP contribution in [-0.4, -0.2) is 33.2 Å². The number of sulfonamides is 1. The molecule has 2 aromatic rings. The number of halogens is 1. The average molecular weight is 395 g/mol. The fourth-order valence-electron chi connectivity index (χ4n) is 2.33. The van der Waals surface area contributed by atoms with Gasteiger partial charge in [0.25, 0.3) is 0 Å². The SMILES string of the molecule is CC(=O)c1ccc(N(CCNS(=O)(=O)c2ccc(Cl)cc2)C(C)=O)cc1. The molecule has 0 spiro atoms. The van der Waals surface area contributed by atoms with Crippen LogP contribution >= 0.6 is 11.6 Å². The van der Waals surface area contributed by atoms with Crippen LogP contribution in [0.1, 0.15) is 24.2 Å². The molecule has 0 aliphatic carbocycles. The molecule has 0 saturated carbocycles. The van der Waals surface area contributed by atoms with Gasteiger partial charge >= 0.3 is 0 Å². The van der Waals surface area contributed by atoms with Crippen LogP contribution in [0.15, 0.2) is 53.4 Å². The van der Waals surface area contributed by atoms with E-state index in [1.165, 1.54) is 43.0 Å². The molecule has 0 saturated heterocycles. The van der Waals surface area contributed by atoms with Crippen LogP contribution in [0.4, 0.5) is 5.69 Å². The highest BCUT2D eigenvalue weighted by molar-refractivity contribution is 7.89. The zero-order valence-corrected chi connectivity index (χ0v) is 16.0. The molecule has 26 heavy (non-hydrogen) atoms. The maximum Gasteiger partial charge on any atom is 0.240 e. The molecule has 0 unspecified atom stereocenters. The summed E-state index contributed by atoms with van der Waals surface area (Å²) in [6.45, 7) is 3.05. The van der Waals surface area contributed by atoms with Crippen molar-refractivity contribution in [3.63, 3.8) is 0 Å². The number of amides is 1. The highest BCUT2D eigenvalue weighted by Crippen LogP contribution is 2.16. The van der Waals surface area contributed by atoms with E-state index in [0.29, 0.717) is 16.3 Å². The molecule has 0 radical (unpaired) electrons. The molecule has 0 aliphatic heterocycles. The minimum atomic E-state index is -3.69. The van der Waals surface area contributed by atoms with E-state index >= 15 is 0 Å². The molecule has 1 N–H and O–H groups in total. The van der Waals surface area contributed by atoms with Crippen molar-refractivity contribution in [2.24, 2.45) is 0 Å². The summed E-state index contributed by atoms with van der Waals surface area (Å²) in [5.41, 5.74) is 1.13. The minimum absolute atomic E-state index is 0.0407. The molecule has 0 atom stereocenters. The molecule has 0 fully saturated rings. The van der Waals surface area contributed by atoms with Gasteiger partial charge in [0.1, 0.15) is 0 Å². The van der Waals surface area contributed by atoms with Crippen LogP contribution in [0.5, 0.6) is 0 Å². The van der Waals surface area contributed by atoms with Crippen molar-refractivity contribution >= 4 is 39.0 Å². The molecular weight excluding hydrogens is 376 g/mol. The Morgan fingerprint density at radius 1 is 1.00 bits per heavy atom. The van der Waals surface area contributed by atoms with E-state index in [0.717, 1.165) is 0 Å². The van der Waals surface area contributed by atoms with Crippen molar-refractivity contribution in [3.05, 3.63) is 59.1 Å². The monoisotopic (exact) mass is 394 g/mol. The Morgan fingerprint density at radius 2 is 1.58 bits per heavy atom. The first-order valence-corrected chi connectivity index (χ1v) is 9.71. The third-order valence-corrected chi connectivity index (χ3v) is 5.45. The van der Waals surface area contributed by atoms with Gasteiger partial charge in [-0.05, 0) is 55.5 Å². The molecule has 0 aliphatic rings. The highest BCUT2D eigenvalue weighted by atomic mass is 35.5. The van der Waals surface area contributed by atoms with E-state index in [9.17, 15) is 18.0 Å². The number of nitrogens with one attached hydrogen (secondary N) is 1. The summed E-state index contributed by atoms with van der Waals surface area (Å²) < 4.78 is 27.0. The summed E-state index contributed by atoms with van der Waals surface area (Å²) in [4.78, 5) is 24.8. The number of Topliss-reactive ketones (excluding diaryl/α,β-unsaturated/α-hetero) is 1. The second kappa shape index (κ2) is 8.44. The van der Waals surface area contributed by atoms with Crippen molar-refractivity contribution < 1.29 is 18.0 Å². The molecule has 0 heterocycles. The standard InChI is InChI=1S/C18H19ClN2O4S/c1-13(22)15-3-7-17(8-4-15)21(14(2)23)12-11-20-26(24,25)18-9-5-16(19)6-10-18/h3-10,20H,11-12H2,1-2H3. The first-order chi connectivity index (χ1) is 12.2. The smallest absolute Gasteiger partial charge is 0.240 e. The van der Waals surface area contributed by atoms with Gasteiger partial charge in [0, 0.05) is 36.3 Å². The molecule has 138 valence electrons. The second-order valence-electron chi connectivity index (χ2n) is 5.63. The lowest BCUT2D eigenvalue weighted by Crippen LogP contribution is -2.37. The summed E-state index contributed by atoms with van der Waals surface area (Å²) in [5, 5.41) is 0.445. The summed E-state index contributed by atoms with van der Waals surface area (Å²) in [6, 6.07) is 12.4. The lowest BCUT2D eigenvalue weighted by molar-refractivity contribution is -0.116. The third-order valence-electron chi connectivity index (χ3n) is 3.72. The van der Waals surface area contributed by atoms with Gasteiger partial charge in [-0.15, -0.1) is 0 Å². The largest absolute Gasteiger partial charge is 0.311 e. The van der Waals surface area contributed by atoms with E-state index in [4.69, 9.17) is 11.6 Å². The zero-order chi connectivity index (χ0) is 19.3. The first-order valence-electron chi connectivity index (χ1n) is 7.85. The van der Waals surface area contributed by atoms with Crippen LogP contribution in [0.3, 0.4) is 0 Å². The quantitative estimate of drug-likeness (QED) is 0.732. The van der Waals surface area contributed by atoms with Gasteiger partial charge in [0.05, 0.1) is 4.90 Å². The van der Waals surface area contributed by atoms with E-state index in [-0.39, 0.29) is 29.7 Å². The van der Waals surface area contributed by atoms with Gasteiger partial charge in [0.15, 0.2) is 5.78 Å². The summed E-state index contributed by atoms with van der Waals surface area (Å²) in [7, 11) is -3.69. The van der Waals surface area contributed by atoms with Gasteiger partial charge in [-0.1, -0.05) is 11.6 Å². The fraction of sp³-hybridized carbons (Fsp3) is 0.222. The number of hydrogen-bond acceptors (Lipinski definition) is 4. The number of ketones is 1. The maximum atomic E-state index is 12.3. The number of carbonyl (C=O) groups excluding carboxylic acids is 2. The van der Waals surface area contributed by atoms with E-state index in [2.05, 4.69) is 4.72 Å². The second-order valence-corrected chi connectivity index (χ2v) is 7.83. The van der Waals surface area contributed by atoms with E-state index in [1.54, 1.807) is 24.3 Å². The number of rotatable bonds is 7. The molecule has 0 aromatic heterocycles. The average Bonchev–Trinajstić information content (AvgIpc) is 2.59. The zero-order valence-electron chi connectivity index (χ0n) is 14.4. The Balaban J connectivity index is 2.05. The number of carbonyl (C=O) groups is 2. The number of benzene rings is 2. The van der Waals surface area contributed by atoms with Crippen molar-refractivity contribution in [2.45, 2.75) is 18.7 Å². The highest BCUT2D eigenvalue weighted by Gasteiger charge is 2.16. The van der Waals surface area contributed by atoms with Gasteiger partial charge < -0.3 is 4.90 Å². The van der Waals surface area contributed by atoms with Gasteiger partial charge in [-0.25, -0.2) is 13.1 Å². The van der Waals surface area contributed by atoms with Crippen LogP contribution in [0, 0.1) is 0 Å². The number of anilines is 1. The lowest BCUT2D eigenvalue weighted by Gasteiger charge is -2.21. The van der Waals surface area contributed by atoms with Crippen molar-refractivity contribution in [3.8, 4) is 0 Å². The molecule has 0 bridgehead atoms. The van der Waals surface area contributed by atoms with Crippen LogP contribution in [0.25, 0.3) is 0 Å². The van der Waals surface area contributed by atoms with Crippen LogP contribution < -0.4 is 9.62 Å². The Bertz CT molecular complexity index is 894. The van der Waals surface area contributed by atoms with Crippen molar-refractivity contribution in [1.82, 2.24) is 4.72 Å². The minimum Gasteiger partial charge on any atom is -0.311 e. The molecular formula is C18H19ClN2O4S. The van der Waals surface area contributed by atoms with Crippen LogP contribution in [-0.2, 0) is 14.8 Å². The first kappa shape index (κ1) is 20.1. The van der Waals surface area contributed by atoms with Gasteiger partial charge in [-0.3, -0.25) is 9.59 Å². The normalized spacial score (nSPS) is 11.2. The predicted molar refractivity (Wildman–Crippen MR) is 101 cm³/mol.